The summed E-state index contributed by atoms with van der Waals surface area (Å²) in [6, 6.07) is 7.42. The smallest absolute Gasteiger partial charge is 0.270 e. The third kappa shape index (κ3) is 6.27. The van der Waals surface area contributed by atoms with Crippen molar-refractivity contribution in [1.29, 1.82) is 0 Å². The molecule has 3 saturated heterocycles. The fourth-order valence-electron chi connectivity index (χ4n) is 5.01. The molecule has 4 N–H and O–H groups in total. The van der Waals surface area contributed by atoms with Gasteiger partial charge >= 0.3 is 0 Å². The van der Waals surface area contributed by atoms with Crippen molar-refractivity contribution in [2.24, 2.45) is 10.8 Å². The first-order valence-electron chi connectivity index (χ1n) is 14.1. The molecule has 1 aromatic carbocycles. The number of hydrogen-bond acceptors (Lipinski definition) is 8. The molecule has 3 heterocycles. The Balaban J connectivity index is 1.35. The van der Waals surface area contributed by atoms with E-state index in [0.717, 1.165) is 33.9 Å². The molecule has 3 unspecified atom stereocenters. The largest absolute Gasteiger partial charge is 0.491 e. The van der Waals surface area contributed by atoms with Crippen molar-refractivity contribution in [2.75, 3.05) is 30.2 Å². The van der Waals surface area contributed by atoms with Gasteiger partial charge in [-0.1, -0.05) is 40.7 Å². The van der Waals surface area contributed by atoms with Gasteiger partial charge in [-0.2, -0.15) is 0 Å². The van der Waals surface area contributed by atoms with E-state index in [1.165, 1.54) is 12.1 Å². The lowest BCUT2D eigenvalue weighted by molar-refractivity contribution is -0.155. The van der Waals surface area contributed by atoms with Gasteiger partial charge in [0.15, 0.2) is 0 Å². The number of anilines is 1. The van der Waals surface area contributed by atoms with Crippen molar-refractivity contribution in [3.8, 4) is 5.75 Å². The van der Waals surface area contributed by atoms with Gasteiger partial charge in [0.1, 0.15) is 43.1 Å². The predicted molar refractivity (Wildman–Crippen MR) is 164 cm³/mol. The van der Waals surface area contributed by atoms with E-state index < -0.39 is 42.5 Å². The number of benzene rings is 1. The highest BCUT2D eigenvalue weighted by atomic mass is 31.1. The van der Waals surface area contributed by atoms with Gasteiger partial charge in [-0.3, -0.25) is 4.79 Å². The van der Waals surface area contributed by atoms with Crippen molar-refractivity contribution < 1.29 is 34.3 Å². The summed E-state index contributed by atoms with van der Waals surface area (Å²) in [5.41, 5.74) is 2.44. The monoisotopic (exact) mass is 590 g/mol. The molecule has 1 amide bonds. The minimum atomic E-state index is -1.39. The molecular formula is C27H42B2N2O7P2. The summed E-state index contributed by atoms with van der Waals surface area (Å²) in [4.78, 5) is 13.1. The molecule has 4 aliphatic rings. The summed E-state index contributed by atoms with van der Waals surface area (Å²) < 4.78 is 19.7. The van der Waals surface area contributed by atoms with E-state index in [2.05, 4.69) is 50.7 Å². The van der Waals surface area contributed by atoms with Crippen LogP contribution in [0.3, 0.4) is 0 Å². The van der Waals surface area contributed by atoms with Crippen molar-refractivity contribution in [3.05, 3.63) is 29.3 Å². The summed E-state index contributed by atoms with van der Waals surface area (Å²) in [6.07, 6.45) is -3.72. The van der Waals surface area contributed by atoms with Crippen molar-refractivity contribution >= 4 is 47.7 Å². The molecule has 40 heavy (non-hydrogen) atoms. The molecule has 0 spiro atoms. The highest BCUT2D eigenvalue weighted by Gasteiger charge is 2.53. The maximum absolute atomic E-state index is 13.1. The maximum atomic E-state index is 13.1. The molecule has 1 saturated carbocycles. The average molecular weight is 590 g/mol. The molecule has 13 heteroatoms. The first-order valence-corrected chi connectivity index (χ1v) is 16.6. The SMILES string of the molecule is C/C(=C\c1ccc(OCC(C)(C)C(C)(C)C)c(N(B2CP2)B2CP2)c1)C(=O)NC1[C@@H](O)[C@@H]2OCO[C@@H]2[C@H](O)[C@H]1O. The number of aliphatic hydroxyl groups excluding tert-OH is 3. The van der Waals surface area contributed by atoms with Crippen molar-refractivity contribution in [3.63, 3.8) is 0 Å². The van der Waals surface area contributed by atoms with Crippen LogP contribution in [0.1, 0.15) is 47.1 Å². The number of nitrogens with zero attached hydrogens (tertiary/aromatic N) is 1. The van der Waals surface area contributed by atoms with E-state index in [0.29, 0.717) is 25.3 Å². The highest BCUT2D eigenvalue weighted by molar-refractivity contribution is 7.99. The lowest BCUT2D eigenvalue weighted by Crippen LogP contribution is -2.67. The van der Waals surface area contributed by atoms with Gasteiger partial charge in [-0.15, -0.1) is 16.9 Å². The van der Waals surface area contributed by atoms with Gasteiger partial charge in [0.2, 0.25) is 5.91 Å². The number of fused-ring (bicyclic) bond motifs is 1. The zero-order chi connectivity index (χ0) is 29.0. The summed E-state index contributed by atoms with van der Waals surface area (Å²) in [7, 11) is 1.87. The van der Waals surface area contributed by atoms with E-state index in [-0.39, 0.29) is 17.6 Å². The van der Waals surface area contributed by atoms with Crippen LogP contribution in [0.15, 0.2) is 23.8 Å². The molecule has 5 rings (SSSR count). The Labute approximate surface area is 241 Å². The van der Waals surface area contributed by atoms with E-state index >= 15 is 0 Å². The Kier molecular flexibility index (Phi) is 8.69. The summed E-state index contributed by atoms with van der Waals surface area (Å²) in [6.45, 7) is 14.5. The average Bonchev–Trinajstić information content (AvgIpc) is 3.84. The number of amides is 1. The fourth-order valence-corrected chi connectivity index (χ4v) is 6.80. The second-order valence-corrected chi connectivity index (χ2v) is 16.0. The topological polar surface area (TPSA) is 121 Å². The number of hydrogen-bond donors (Lipinski definition) is 4. The summed E-state index contributed by atoms with van der Waals surface area (Å²) >= 11 is 0. The maximum Gasteiger partial charge on any atom is 0.270 e. The third-order valence-electron chi connectivity index (χ3n) is 8.97. The van der Waals surface area contributed by atoms with Crippen LogP contribution in [-0.4, -0.2) is 96.4 Å². The fraction of sp³-hybridized carbons (Fsp3) is 0.667. The van der Waals surface area contributed by atoms with Crippen LogP contribution in [0, 0.1) is 10.8 Å². The van der Waals surface area contributed by atoms with Gasteiger partial charge in [-0.25, -0.2) is 0 Å². The van der Waals surface area contributed by atoms with Gasteiger partial charge in [0, 0.05) is 11.0 Å². The molecule has 4 fully saturated rings. The van der Waals surface area contributed by atoms with Gasteiger partial charge in [0.05, 0.1) is 18.3 Å². The van der Waals surface area contributed by atoms with Gasteiger partial charge < -0.3 is 39.6 Å². The van der Waals surface area contributed by atoms with Crippen LogP contribution >= 0.6 is 16.9 Å². The minimum Gasteiger partial charge on any atom is -0.491 e. The third-order valence-corrected chi connectivity index (χ3v) is 11.1. The lowest BCUT2D eigenvalue weighted by atomic mass is 9.70. The van der Waals surface area contributed by atoms with E-state index in [9.17, 15) is 20.1 Å². The van der Waals surface area contributed by atoms with E-state index in [1.807, 2.05) is 12.1 Å². The van der Waals surface area contributed by atoms with Crippen LogP contribution in [0.5, 0.6) is 5.75 Å². The standard InChI is InChI=1S/C27H42B2N2O7P2/c1-15(25(35)30-19-20(32)22(34)24-23(21(19)33)37-14-38-24)9-16-7-8-18(36-11-27(5,6)26(2,3)4)17(10-16)31(28-12-39-28)29-13-40-29/h7-10,19-24,32-34,39-40H,11-14H2,1-6H3,(H,30,35)/b15-9+/t19?,20-,21+,22+,23-,24+/m0/s1. The first kappa shape index (κ1) is 30.3. The Morgan fingerprint density at radius 1 is 1.07 bits per heavy atom. The van der Waals surface area contributed by atoms with Crippen LogP contribution in [0.25, 0.3) is 6.08 Å². The lowest BCUT2D eigenvalue weighted by Gasteiger charge is -2.41. The predicted octanol–water partition coefficient (Wildman–Crippen LogP) is 2.11. The van der Waals surface area contributed by atoms with Crippen molar-refractivity contribution in [2.45, 2.75) is 78.1 Å². The summed E-state index contributed by atoms with van der Waals surface area (Å²) in [5, 5.41) is 34.4. The number of carbonyl (C=O) groups is 1. The zero-order valence-corrected chi connectivity index (χ0v) is 26.2. The zero-order valence-electron chi connectivity index (χ0n) is 24.2. The number of carbonyl (C=O) groups excluding carboxylic acids is 1. The van der Waals surface area contributed by atoms with Crippen LogP contribution in [-0.2, 0) is 14.3 Å². The highest BCUT2D eigenvalue weighted by Crippen LogP contribution is 2.50. The quantitative estimate of drug-likeness (QED) is 0.196. The molecule has 9 nitrogen and oxygen atoms in total. The number of ether oxygens (including phenoxy) is 3. The molecule has 1 aliphatic carbocycles. The molecule has 0 radical (unpaired) electrons. The first-order chi connectivity index (χ1) is 18.8. The Morgan fingerprint density at radius 3 is 2.25 bits per heavy atom. The number of nitrogens with one attached hydrogen (secondary N) is 1. The van der Waals surface area contributed by atoms with Crippen LogP contribution in [0.4, 0.5) is 5.69 Å². The van der Waals surface area contributed by atoms with Gasteiger partial charge in [-0.05, 0) is 48.2 Å². The number of rotatable bonds is 9. The molecule has 3 aliphatic heterocycles. The second-order valence-electron chi connectivity index (χ2n) is 13.1. The second kappa shape index (κ2) is 11.5. The molecule has 8 atom stereocenters. The van der Waals surface area contributed by atoms with E-state index in [1.54, 1.807) is 13.0 Å². The Morgan fingerprint density at radius 2 is 1.68 bits per heavy atom. The van der Waals surface area contributed by atoms with Crippen LogP contribution < -0.4 is 14.8 Å². The van der Waals surface area contributed by atoms with E-state index in [4.69, 9.17) is 14.2 Å². The molecule has 0 bridgehead atoms. The number of aliphatic hydroxyl groups is 3. The molecule has 0 aromatic heterocycles. The molecule has 218 valence electrons. The Bertz CT molecular complexity index is 1130. The van der Waals surface area contributed by atoms with Crippen LogP contribution in [0.2, 0.25) is 0 Å². The minimum absolute atomic E-state index is 0.0253. The Hall–Kier alpha value is -1.18. The van der Waals surface area contributed by atoms with Gasteiger partial charge in [0.25, 0.3) is 13.1 Å². The molecule has 1 aromatic rings. The normalized spacial score (nSPS) is 31.4. The summed E-state index contributed by atoms with van der Waals surface area (Å²) in [5.74, 6) is 0.437. The molecular weight excluding hydrogens is 548 g/mol. The van der Waals surface area contributed by atoms with Crippen molar-refractivity contribution in [1.82, 2.24) is 5.32 Å².